The number of sulfone groups is 1. The van der Waals surface area contributed by atoms with Crippen molar-refractivity contribution in [3.05, 3.63) is 65.3 Å². The topological polar surface area (TPSA) is 76.1 Å². The van der Waals surface area contributed by atoms with Crippen LogP contribution in [0.2, 0.25) is 5.02 Å². The van der Waals surface area contributed by atoms with Crippen LogP contribution in [0.3, 0.4) is 0 Å². The van der Waals surface area contributed by atoms with E-state index in [9.17, 15) is 13.2 Å². The molecular weight excluding hydrogens is 348 g/mol. The first kappa shape index (κ1) is 16.4. The number of pyridine rings is 1. The summed E-state index contributed by atoms with van der Waals surface area (Å²) in [6, 6.07) is 13.3. The number of nitrogens with zero attached hydrogens (tertiary/aromatic N) is 1. The number of hydrogen-bond donors (Lipinski definition) is 1. The highest BCUT2D eigenvalue weighted by atomic mass is 35.5. The average Bonchev–Trinajstić information content (AvgIpc) is 2.54. The van der Waals surface area contributed by atoms with Gasteiger partial charge in [0, 0.05) is 11.6 Å². The molecule has 0 aliphatic rings. The van der Waals surface area contributed by atoms with Gasteiger partial charge in [0.1, 0.15) is 0 Å². The van der Waals surface area contributed by atoms with E-state index in [1.54, 1.807) is 6.07 Å². The minimum absolute atomic E-state index is 0.0358. The zero-order valence-electron chi connectivity index (χ0n) is 12.7. The Bertz CT molecular complexity index is 1050. The summed E-state index contributed by atoms with van der Waals surface area (Å²) in [4.78, 5) is 16.7. The number of fused-ring (bicyclic) bond motifs is 1. The Morgan fingerprint density at radius 2 is 1.88 bits per heavy atom. The van der Waals surface area contributed by atoms with Crippen molar-refractivity contribution in [1.29, 1.82) is 0 Å². The normalized spacial score (nSPS) is 11.4. The molecule has 0 aliphatic heterocycles. The van der Waals surface area contributed by atoms with Gasteiger partial charge in [-0.1, -0.05) is 29.8 Å². The highest BCUT2D eigenvalue weighted by Crippen LogP contribution is 2.22. The third-order valence-electron chi connectivity index (χ3n) is 3.46. The summed E-state index contributed by atoms with van der Waals surface area (Å²) >= 11 is 6.03. The van der Waals surface area contributed by atoms with E-state index in [0.29, 0.717) is 5.69 Å². The molecule has 0 saturated carbocycles. The molecule has 24 heavy (non-hydrogen) atoms. The molecule has 1 N–H and O–H groups in total. The van der Waals surface area contributed by atoms with Crippen LogP contribution in [0.4, 0.5) is 5.69 Å². The third kappa shape index (κ3) is 3.39. The van der Waals surface area contributed by atoms with Crippen LogP contribution in [0.5, 0.6) is 0 Å². The largest absolute Gasteiger partial charge is 0.321 e. The number of carbonyl (C=O) groups excluding carboxylic acids is 1. The minimum atomic E-state index is -3.43. The van der Waals surface area contributed by atoms with E-state index >= 15 is 0 Å². The molecule has 0 bridgehead atoms. The van der Waals surface area contributed by atoms with Crippen molar-refractivity contribution in [3.8, 4) is 0 Å². The Balaban J connectivity index is 1.94. The van der Waals surface area contributed by atoms with Gasteiger partial charge in [0.25, 0.3) is 5.91 Å². The number of carbonyl (C=O) groups is 1. The standard InChI is InChI=1S/C17H13ClN2O3S/c1-24(22,23)13-6-7-15(18)14(9-13)17(21)20-12-8-11-4-2-3-5-16(11)19-10-12/h2-10H,1H3,(H,20,21). The zero-order valence-corrected chi connectivity index (χ0v) is 14.2. The molecule has 0 spiro atoms. The molecule has 0 radical (unpaired) electrons. The smallest absolute Gasteiger partial charge is 0.257 e. The Morgan fingerprint density at radius 1 is 1.12 bits per heavy atom. The molecule has 0 saturated heterocycles. The maximum absolute atomic E-state index is 12.4. The second kappa shape index (κ2) is 6.22. The van der Waals surface area contributed by atoms with E-state index in [1.807, 2.05) is 24.3 Å². The molecule has 0 fully saturated rings. The number of aromatic nitrogens is 1. The highest BCUT2D eigenvalue weighted by molar-refractivity contribution is 7.90. The van der Waals surface area contributed by atoms with Crippen molar-refractivity contribution in [2.75, 3.05) is 11.6 Å². The van der Waals surface area contributed by atoms with Gasteiger partial charge < -0.3 is 5.32 Å². The van der Waals surface area contributed by atoms with Crippen LogP contribution in [-0.4, -0.2) is 25.6 Å². The van der Waals surface area contributed by atoms with E-state index in [0.717, 1.165) is 17.2 Å². The van der Waals surface area contributed by atoms with Gasteiger partial charge in [0.15, 0.2) is 9.84 Å². The fraction of sp³-hybridized carbons (Fsp3) is 0.0588. The predicted molar refractivity (Wildman–Crippen MR) is 94.3 cm³/mol. The van der Waals surface area contributed by atoms with Crippen LogP contribution in [-0.2, 0) is 9.84 Å². The lowest BCUT2D eigenvalue weighted by Gasteiger charge is -2.09. The lowest BCUT2D eigenvalue weighted by atomic mass is 10.2. The Hall–Kier alpha value is -2.44. The Morgan fingerprint density at radius 3 is 2.62 bits per heavy atom. The molecular formula is C17H13ClN2O3S. The fourth-order valence-electron chi connectivity index (χ4n) is 2.25. The molecule has 1 amide bonds. The number of nitrogens with one attached hydrogen (secondary N) is 1. The molecule has 3 aromatic rings. The molecule has 2 aromatic carbocycles. The van der Waals surface area contributed by atoms with E-state index in [2.05, 4.69) is 10.3 Å². The summed E-state index contributed by atoms with van der Waals surface area (Å²) in [6.07, 6.45) is 2.61. The third-order valence-corrected chi connectivity index (χ3v) is 4.90. The fourth-order valence-corrected chi connectivity index (χ4v) is 3.10. The minimum Gasteiger partial charge on any atom is -0.321 e. The van der Waals surface area contributed by atoms with Gasteiger partial charge in [-0.25, -0.2) is 8.42 Å². The number of anilines is 1. The maximum atomic E-state index is 12.4. The molecule has 0 aliphatic carbocycles. The zero-order chi connectivity index (χ0) is 17.3. The molecule has 5 nitrogen and oxygen atoms in total. The summed E-state index contributed by atoms with van der Waals surface area (Å²) in [5, 5.41) is 3.74. The number of hydrogen-bond acceptors (Lipinski definition) is 4. The van der Waals surface area contributed by atoms with Crippen molar-refractivity contribution < 1.29 is 13.2 Å². The van der Waals surface area contributed by atoms with Crippen molar-refractivity contribution in [2.24, 2.45) is 0 Å². The van der Waals surface area contributed by atoms with Crippen LogP contribution < -0.4 is 5.32 Å². The second-order valence-corrected chi connectivity index (χ2v) is 7.71. The molecule has 1 heterocycles. The van der Waals surface area contributed by atoms with E-state index in [4.69, 9.17) is 11.6 Å². The van der Waals surface area contributed by atoms with Gasteiger partial charge in [-0.2, -0.15) is 0 Å². The van der Waals surface area contributed by atoms with Gasteiger partial charge in [0.2, 0.25) is 0 Å². The summed E-state index contributed by atoms with van der Waals surface area (Å²) in [5.41, 5.74) is 1.40. The van der Waals surface area contributed by atoms with Gasteiger partial charge in [0.05, 0.1) is 32.9 Å². The number of halogens is 1. The summed E-state index contributed by atoms with van der Waals surface area (Å²) in [7, 11) is -3.43. The highest BCUT2D eigenvalue weighted by Gasteiger charge is 2.16. The summed E-state index contributed by atoms with van der Waals surface area (Å²) in [6.45, 7) is 0. The lowest BCUT2D eigenvalue weighted by molar-refractivity contribution is 0.102. The summed E-state index contributed by atoms with van der Waals surface area (Å²) in [5.74, 6) is -0.498. The average molecular weight is 361 g/mol. The predicted octanol–water partition coefficient (Wildman–Crippen LogP) is 3.54. The number of amides is 1. The van der Waals surface area contributed by atoms with Crippen molar-refractivity contribution in [1.82, 2.24) is 4.98 Å². The molecule has 122 valence electrons. The van der Waals surface area contributed by atoms with Crippen LogP contribution >= 0.6 is 11.6 Å². The monoisotopic (exact) mass is 360 g/mol. The Kier molecular flexibility index (Phi) is 4.26. The van der Waals surface area contributed by atoms with Crippen LogP contribution in [0.15, 0.2) is 59.6 Å². The first-order valence-corrected chi connectivity index (χ1v) is 9.27. The molecule has 3 rings (SSSR count). The molecule has 1 aromatic heterocycles. The lowest BCUT2D eigenvalue weighted by Crippen LogP contribution is -2.13. The Labute approximate surface area is 144 Å². The quantitative estimate of drug-likeness (QED) is 0.775. The van der Waals surface area contributed by atoms with Crippen LogP contribution in [0, 0.1) is 0 Å². The van der Waals surface area contributed by atoms with Crippen molar-refractivity contribution in [2.45, 2.75) is 4.90 Å². The van der Waals surface area contributed by atoms with Gasteiger partial charge in [-0.05, 0) is 30.3 Å². The van der Waals surface area contributed by atoms with E-state index < -0.39 is 15.7 Å². The molecule has 0 unspecified atom stereocenters. The van der Waals surface area contributed by atoms with Crippen molar-refractivity contribution >= 4 is 43.9 Å². The van der Waals surface area contributed by atoms with Crippen molar-refractivity contribution in [3.63, 3.8) is 0 Å². The molecule has 7 heteroatoms. The SMILES string of the molecule is CS(=O)(=O)c1ccc(Cl)c(C(=O)Nc2cnc3ccccc3c2)c1. The van der Waals surface area contributed by atoms with Gasteiger partial charge in [-0.15, -0.1) is 0 Å². The van der Waals surface area contributed by atoms with Gasteiger partial charge in [-0.3, -0.25) is 9.78 Å². The number of benzene rings is 2. The maximum Gasteiger partial charge on any atom is 0.257 e. The van der Waals surface area contributed by atoms with Crippen LogP contribution in [0.25, 0.3) is 10.9 Å². The first-order valence-electron chi connectivity index (χ1n) is 7.00. The van der Waals surface area contributed by atoms with Crippen LogP contribution in [0.1, 0.15) is 10.4 Å². The number of rotatable bonds is 3. The number of para-hydroxylation sites is 1. The second-order valence-electron chi connectivity index (χ2n) is 5.28. The van der Waals surface area contributed by atoms with E-state index in [-0.39, 0.29) is 15.5 Å². The van der Waals surface area contributed by atoms with Gasteiger partial charge >= 0.3 is 0 Å². The summed E-state index contributed by atoms with van der Waals surface area (Å²) < 4.78 is 23.3. The molecule has 0 atom stereocenters. The van der Waals surface area contributed by atoms with E-state index in [1.165, 1.54) is 24.4 Å². The first-order chi connectivity index (χ1) is 11.3.